The fraction of sp³-hybridized carbons (Fsp3) is 0.190. The maximum Gasteiger partial charge on any atom is 0.199 e. The van der Waals surface area contributed by atoms with Gasteiger partial charge in [-0.05, 0) is 82.6 Å². The highest BCUT2D eigenvalue weighted by Gasteiger charge is 2.26. The van der Waals surface area contributed by atoms with Gasteiger partial charge in [0.25, 0.3) is 0 Å². The molecule has 0 spiro atoms. The molecule has 0 unspecified atom stereocenters. The molecule has 0 radical (unpaired) electrons. The van der Waals surface area contributed by atoms with E-state index in [-0.39, 0.29) is 32.5 Å². The summed E-state index contributed by atoms with van der Waals surface area (Å²) >= 11 is 0. The number of hydrogen-bond acceptors (Lipinski definition) is 4. The van der Waals surface area contributed by atoms with Gasteiger partial charge in [-0.1, -0.05) is 65.8 Å². The molecule has 5 aromatic carbocycles. The second-order valence-corrected chi connectivity index (χ2v) is 15.2. The second-order valence-electron chi connectivity index (χ2n) is 15.2. The van der Waals surface area contributed by atoms with Crippen molar-refractivity contribution in [1.82, 2.24) is 8.80 Å². The zero-order valence-electron chi connectivity index (χ0n) is 27.6. The SMILES string of the molecule is CC(C)(C)c1cc2c(=O)c3ccccc3n3c4ccc5c(=O)c6cc(C(C)(C)C)cc7c(=O)c8ccccc8n(c76)c5c4c(=O)c(c1)c23. The number of rotatable bonds is 0. The van der Waals surface area contributed by atoms with E-state index in [4.69, 9.17) is 0 Å². The average Bonchev–Trinajstić information content (AvgIpc) is 3.06. The number of aromatic nitrogens is 2. The largest absolute Gasteiger partial charge is 0.307 e. The summed E-state index contributed by atoms with van der Waals surface area (Å²) in [5.74, 6) is 0. The van der Waals surface area contributed by atoms with Crippen LogP contribution in [0.3, 0.4) is 0 Å². The van der Waals surface area contributed by atoms with Crippen LogP contribution in [-0.2, 0) is 10.8 Å². The van der Waals surface area contributed by atoms with E-state index in [1.165, 1.54) is 0 Å². The fourth-order valence-electron chi connectivity index (χ4n) is 7.73. The molecule has 0 N–H and O–H groups in total. The molecule has 0 aliphatic carbocycles. The zero-order chi connectivity index (χ0) is 33.6. The Morgan fingerprint density at radius 1 is 0.396 bits per heavy atom. The lowest BCUT2D eigenvalue weighted by Gasteiger charge is -2.23. The highest BCUT2D eigenvalue weighted by molar-refractivity contribution is 6.18. The van der Waals surface area contributed by atoms with Crippen LogP contribution in [0.4, 0.5) is 0 Å². The predicted molar refractivity (Wildman–Crippen MR) is 198 cm³/mol. The molecule has 9 rings (SSSR count). The quantitative estimate of drug-likeness (QED) is 0.126. The van der Waals surface area contributed by atoms with Crippen LogP contribution in [0.1, 0.15) is 52.7 Å². The van der Waals surface area contributed by atoms with E-state index in [2.05, 4.69) is 41.5 Å². The topological polar surface area (TPSA) is 77.1 Å². The van der Waals surface area contributed by atoms with Gasteiger partial charge in [0.15, 0.2) is 21.7 Å². The molecule has 4 heterocycles. The summed E-state index contributed by atoms with van der Waals surface area (Å²) in [4.78, 5) is 57.9. The molecule has 9 aromatic rings. The van der Waals surface area contributed by atoms with Crippen LogP contribution in [0.15, 0.2) is 104 Å². The minimum atomic E-state index is -0.342. The van der Waals surface area contributed by atoms with Crippen molar-refractivity contribution in [3.8, 4) is 0 Å². The molecule has 0 atom stereocenters. The number of nitrogens with zero attached hydrogens (tertiary/aromatic N) is 2. The minimum Gasteiger partial charge on any atom is -0.307 e. The van der Waals surface area contributed by atoms with E-state index in [0.717, 1.165) is 11.1 Å². The molecule has 48 heavy (non-hydrogen) atoms. The van der Waals surface area contributed by atoms with Crippen LogP contribution >= 0.6 is 0 Å². The molecule has 234 valence electrons. The van der Waals surface area contributed by atoms with Crippen molar-refractivity contribution in [2.24, 2.45) is 0 Å². The Morgan fingerprint density at radius 2 is 0.812 bits per heavy atom. The predicted octanol–water partition coefficient (Wildman–Crippen LogP) is 8.02. The van der Waals surface area contributed by atoms with Crippen molar-refractivity contribution >= 4 is 76.2 Å². The Hall–Kier alpha value is -5.62. The monoisotopic (exact) mass is 628 g/mol. The van der Waals surface area contributed by atoms with Gasteiger partial charge in [-0.25, -0.2) is 0 Å². The van der Waals surface area contributed by atoms with Crippen LogP contribution in [0.25, 0.3) is 76.2 Å². The van der Waals surface area contributed by atoms with Crippen LogP contribution < -0.4 is 21.7 Å². The maximum absolute atomic E-state index is 15.1. The zero-order valence-corrected chi connectivity index (χ0v) is 27.6. The summed E-state index contributed by atoms with van der Waals surface area (Å²) in [5, 5.41) is 3.62. The van der Waals surface area contributed by atoms with Gasteiger partial charge >= 0.3 is 0 Å². The van der Waals surface area contributed by atoms with E-state index in [0.29, 0.717) is 76.2 Å². The molecule has 0 saturated heterocycles. The van der Waals surface area contributed by atoms with Crippen molar-refractivity contribution in [2.45, 2.75) is 52.4 Å². The van der Waals surface area contributed by atoms with E-state index in [1.54, 1.807) is 12.1 Å². The third-order valence-electron chi connectivity index (χ3n) is 10.2. The van der Waals surface area contributed by atoms with Crippen LogP contribution in [0.2, 0.25) is 0 Å². The highest BCUT2D eigenvalue weighted by atomic mass is 16.1. The number of benzene rings is 5. The summed E-state index contributed by atoms with van der Waals surface area (Å²) in [6.07, 6.45) is 0. The smallest absolute Gasteiger partial charge is 0.199 e. The molecule has 0 aliphatic heterocycles. The van der Waals surface area contributed by atoms with Crippen LogP contribution in [0, 0.1) is 0 Å². The molecule has 0 aliphatic rings. The van der Waals surface area contributed by atoms with Crippen molar-refractivity contribution < 1.29 is 0 Å². The summed E-state index contributed by atoms with van der Waals surface area (Å²) in [7, 11) is 0. The number of fused-ring (bicyclic) bond motifs is 9. The van der Waals surface area contributed by atoms with E-state index < -0.39 is 0 Å². The van der Waals surface area contributed by atoms with Gasteiger partial charge in [-0.2, -0.15) is 0 Å². The van der Waals surface area contributed by atoms with Gasteiger partial charge in [0.05, 0.1) is 38.5 Å². The van der Waals surface area contributed by atoms with Crippen molar-refractivity contribution in [3.63, 3.8) is 0 Å². The van der Waals surface area contributed by atoms with E-state index in [1.807, 2.05) is 81.6 Å². The van der Waals surface area contributed by atoms with E-state index in [9.17, 15) is 14.4 Å². The molecule has 4 aromatic heterocycles. The molecule has 0 fully saturated rings. The summed E-state index contributed by atoms with van der Waals surface area (Å²) in [6, 6.07) is 26.1. The normalized spacial score (nSPS) is 13.1. The van der Waals surface area contributed by atoms with Gasteiger partial charge in [0, 0.05) is 37.7 Å². The number of pyridine rings is 4. The van der Waals surface area contributed by atoms with Gasteiger partial charge in [0.2, 0.25) is 0 Å². The van der Waals surface area contributed by atoms with E-state index >= 15 is 4.79 Å². The lowest BCUT2D eigenvalue weighted by atomic mass is 9.84. The number of para-hydroxylation sites is 2. The maximum atomic E-state index is 15.1. The van der Waals surface area contributed by atoms with Gasteiger partial charge in [-0.3, -0.25) is 19.2 Å². The van der Waals surface area contributed by atoms with Crippen molar-refractivity contribution in [3.05, 3.63) is 137 Å². The molecule has 0 saturated carbocycles. The Morgan fingerprint density at radius 3 is 1.31 bits per heavy atom. The molecular formula is C42H32N2O4. The van der Waals surface area contributed by atoms with Gasteiger partial charge in [0.1, 0.15) is 0 Å². The third kappa shape index (κ3) is 3.52. The van der Waals surface area contributed by atoms with Crippen molar-refractivity contribution in [1.29, 1.82) is 0 Å². The average molecular weight is 629 g/mol. The minimum absolute atomic E-state index is 0.120. The van der Waals surface area contributed by atoms with Crippen LogP contribution in [-0.4, -0.2) is 8.80 Å². The third-order valence-corrected chi connectivity index (χ3v) is 10.2. The first-order chi connectivity index (χ1) is 22.8. The van der Waals surface area contributed by atoms with Gasteiger partial charge in [-0.15, -0.1) is 0 Å². The Kier molecular flexibility index (Phi) is 5.39. The second kappa shape index (κ2) is 9.04. The fourth-order valence-corrected chi connectivity index (χ4v) is 7.73. The Bertz CT molecular complexity index is 3140. The molecule has 0 amide bonds. The first kappa shape index (κ1) is 28.6. The summed E-state index contributed by atoms with van der Waals surface area (Å²) in [5.41, 5.74) is 3.79. The Labute approximate surface area is 273 Å². The molecule has 6 heteroatoms. The molecule has 6 nitrogen and oxygen atoms in total. The standard InChI is InChI=1S/C42H32N2O4/c1-41(2,3)21-18-27-35-28(19-21)39(47)25-15-16-32-33(36(25)44(35)31-14-10-8-12-24(31)38(27)46)40(48)29-20-22(42(4,5)6)17-26-34(29)43(32)30-13-9-7-11-23(30)37(26)45/h7-20H,1-6H3. The summed E-state index contributed by atoms with van der Waals surface area (Å²) < 4.78 is 3.97. The Balaban J connectivity index is 1.69. The van der Waals surface area contributed by atoms with Crippen LogP contribution in [0.5, 0.6) is 0 Å². The first-order valence-corrected chi connectivity index (χ1v) is 16.3. The highest BCUT2D eigenvalue weighted by Crippen LogP contribution is 2.36. The lowest BCUT2D eigenvalue weighted by Crippen LogP contribution is -2.20. The summed E-state index contributed by atoms with van der Waals surface area (Å²) in [6.45, 7) is 12.4. The molecule has 0 bridgehead atoms. The van der Waals surface area contributed by atoms with Gasteiger partial charge < -0.3 is 8.80 Å². The first-order valence-electron chi connectivity index (χ1n) is 16.3. The van der Waals surface area contributed by atoms with Crippen molar-refractivity contribution in [2.75, 3.05) is 0 Å². The molecular weight excluding hydrogens is 596 g/mol. The number of hydrogen-bond donors (Lipinski definition) is 0. The lowest BCUT2D eigenvalue weighted by molar-refractivity contribution is 0.591.